The zero-order valence-corrected chi connectivity index (χ0v) is 15.5. The third-order valence-corrected chi connectivity index (χ3v) is 3.89. The SMILES string of the molecule is O=C(Cc1cc(NN=Cc2ccccc2)nnc1Cl)NN=Cc1ccccc1. The van der Waals surface area contributed by atoms with Gasteiger partial charge in [0.25, 0.3) is 0 Å². The predicted octanol–water partition coefficient (Wildman–Crippen LogP) is 3.27. The first kappa shape index (κ1) is 19.2. The van der Waals surface area contributed by atoms with Gasteiger partial charge in [-0.05, 0) is 17.2 Å². The van der Waals surface area contributed by atoms with E-state index in [0.29, 0.717) is 11.4 Å². The molecule has 0 aliphatic carbocycles. The van der Waals surface area contributed by atoms with E-state index in [9.17, 15) is 4.79 Å². The lowest BCUT2D eigenvalue weighted by molar-refractivity contribution is -0.120. The van der Waals surface area contributed by atoms with E-state index in [-0.39, 0.29) is 17.5 Å². The van der Waals surface area contributed by atoms with Crippen LogP contribution in [0.1, 0.15) is 16.7 Å². The molecule has 0 aliphatic rings. The van der Waals surface area contributed by atoms with Crippen molar-refractivity contribution in [2.75, 3.05) is 5.43 Å². The highest BCUT2D eigenvalue weighted by molar-refractivity contribution is 6.30. The van der Waals surface area contributed by atoms with Gasteiger partial charge in [0.15, 0.2) is 11.0 Å². The first-order valence-corrected chi connectivity index (χ1v) is 8.82. The number of carbonyl (C=O) groups is 1. The van der Waals surface area contributed by atoms with Crippen molar-refractivity contribution in [1.82, 2.24) is 15.6 Å². The highest BCUT2D eigenvalue weighted by atomic mass is 35.5. The maximum Gasteiger partial charge on any atom is 0.244 e. The van der Waals surface area contributed by atoms with Gasteiger partial charge in [0, 0.05) is 5.56 Å². The van der Waals surface area contributed by atoms with Crippen LogP contribution in [-0.4, -0.2) is 28.5 Å². The van der Waals surface area contributed by atoms with Crippen molar-refractivity contribution >= 4 is 35.8 Å². The minimum absolute atomic E-state index is 0.0115. The molecule has 0 saturated carbocycles. The minimum atomic E-state index is -0.319. The number of nitrogens with zero attached hydrogens (tertiary/aromatic N) is 4. The van der Waals surface area contributed by atoms with Gasteiger partial charge in [-0.3, -0.25) is 10.2 Å². The largest absolute Gasteiger partial charge is 0.273 e. The maximum absolute atomic E-state index is 12.1. The Balaban J connectivity index is 1.57. The number of benzene rings is 2. The normalized spacial score (nSPS) is 11.0. The molecule has 0 saturated heterocycles. The number of amides is 1. The molecule has 1 amide bonds. The van der Waals surface area contributed by atoms with Crippen LogP contribution >= 0.6 is 11.6 Å². The Labute approximate surface area is 167 Å². The number of hydrazone groups is 2. The molecule has 3 rings (SSSR count). The molecule has 28 heavy (non-hydrogen) atoms. The van der Waals surface area contributed by atoms with E-state index in [1.807, 2.05) is 60.7 Å². The highest BCUT2D eigenvalue weighted by Crippen LogP contribution is 2.16. The van der Waals surface area contributed by atoms with Crippen molar-refractivity contribution in [1.29, 1.82) is 0 Å². The molecule has 1 aromatic heterocycles. The van der Waals surface area contributed by atoms with Crippen LogP contribution in [0.3, 0.4) is 0 Å². The maximum atomic E-state index is 12.1. The standard InChI is InChI=1S/C20H17ClN6O/c21-20-17(12-19(28)26-23-14-16-9-5-2-6-10-16)11-18(25-27-20)24-22-13-15-7-3-1-4-8-15/h1-11,13-14H,12H2,(H,24,25)(H,26,28). The molecule has 7 nitrogen and oxygen atoms in total. The summed E-state index contributed by atoms with van der Waals surface area (Å²) < 4.78 is 0. The van der Waals surface area contributed by atoms with Crippen molar-refractivity contribution in [2.45, 2.75) is 6.42 Å². The van der Waals surface area contributed by atoms with E-state index in [1.54, 1.807) is 18.5 Å². The number of anilines is 1. The van der Waals surface area contributed by atoms with Gasteiger partial charge in [-0.25, -0.2) is 5.43 Å². The fourth-order valence-electron chi connectivity index (χ4n) is 2.24. The second-order valence-electron chi connectivity index (χ2n) is 5.71. The molecule has 0 aliphatic heterocycles. The van der Waals surface area contributed by atoms with E-state index < -0.39 is 0 Å². The van der Waals surface area contributed by atoms with Gasteiger partial charge in [0.2, 0.25) is 5.91 Å². The van der Waals surface area contributed by atoms with Gasteiger partial charge >= 0.3 is 0 Å². The Morgan fingerprint density at radius 2 is 1.54 bits per heavy atom. The summed E-state index contributed by atoms with van der Waals surface area (Å²) in [6.45, 7) is 0. The van der Waals surface area contributed by atoms with Crippen LogP contribution in [0.2, 0.25) is 5.15 Å². The summed E-state index contributed by atoms with van der Waals surface area (Å²) in [4.78, 5) is 12.1. The van der Waals surface area contributed by atoms with E-state index in [0.717, 1.165) is 11.1 Å². The summed E-state index contributed by atoms with van der Waals surface area (Å²) in [5.74, 6) is 0.0629. The molecule has 2 aromatic carbocycles. The monoisotopic (exact) mass is 392 g/mol. The number of halogens is 1. The van der Waals surface area contributed by atoms with Crippen molar-refractivity contribution in [3.05, 3.63) is 88.6 Å². The Hall–Kier alpha value is -3.58. The van der Waals surface area contributed by atoms with Crippen molar-refractivity contribution < 1.29 is 4.79 Å². The molecule has 0 fully saturated rings. The fraction of sp³-hybridized carbons (Fsp3) is 0.0500. The zero-order chi connectivity index (χ0) is 19.6. The Morgan fingerprint density at radius 3 is 2.18 bits per heavy atom. The molecular formula is C20H17ClN6O. The van der Waals surface area contributed by atoms with E-state index >= 15 is 0 Å². The van der Waals surface area contributed by atoms with Crippen LogP contribution < -0.4 is 10.9 Å². The average Bonchev–Trinajstić information content (AvgIpc) is 2.72. The van der Waals surface area contributed by atoms with Crippen LogP contribution in [-0.2, 0) is 11.2 Å². The van der Waals surface area contributed by atoms with E-state index in [4.69, 9.17) is 11.6 Å². The summed E-state index contributed by atoms with van der Waals surface area (Å²) in [6.07, 6.45) is 3.23. The first-order valence-electron chi connectivity index (χ1n) is 8.44. The zero-order valence-electron chi connectivity index (χ0n) is 14.8. The molecular weight excluding hydrogens is 376 g/mol. The number of hydrogen-bond acceptors (Lipinski definition) is 6. The fourth-order valence-corrected chi connectivity index (χ4v) is 2.40. The summed E-state index contributed by atoms with van der Waals surface area (Å²) in [7, 11) is 0. The second kappa shape index (κ2) is 9.94. The molecule has 3 aromatic rings. The third-order valence-electron chi connectivity index (χ3n) is 3.57. The number of nitrogens with one attached hydrogen (secondary N) is 2. The summed E-state index contributed by atoms with van der Waals surface area (Å²) >= 11 is 6.04. The molecule has 0 spiro atoms. The van der Waals surface area contributed by atoms with Crippen LogP contribution in [0.4, 0.5) is 5.82 Å². The van der Waals surface area contributed by atoms with Gasteiger partial charge in [-0.1, -0.05) is 72.3 Å². The van der Waals surface area contributed by atoms with Gasteiger partial charge in [-0.2, -0.15) is 10.2 Å². The quantitative estimate of drug-likeness (QED) is 0.477. The van der Waals surface area contributed by atoms with Crippen molar-refractivity contribution in [3.8, 4) is 0 Å². The number of aromatic nitrogens is 2. The smallest absolute Gasteiger partial charge is 0.244 e. The number of hydrogen-bond donors (Lipinski definition) is 2. The van der Waals surface area contributed by atoms with Gasteiger partial charge in [0.05, 0.1) is 18.9 Å². The summed E-state index contributed by atoms with van der Waals surface area (Å²) in [5, 5.41) is 15.9. The highest BCUT2D eigenvalue weighted by Gasteiger charge is 2.10. The molecule has 0 radical (unpaired) electrons. The lowest BCUT2D eigenvalue weighted by Gasteiger charge is -2.05. The van der Waals surface area contributed by atoms with Gasteiger partial charge in [0.1, 0.15) is 0 Å². The molecule has 0 bridgehead atoms. The molecule has 140 valence electrons. The number of carbonyl (C=O) groups excluding carboxylic acids is 1. The van der Waals surface area contributed by atoms with Crippen LogP contribution in [0.15, 0.2) is 76.9 Å². The molecule has 2 N–H and O–H groups in total. The van der Waals surface area contributed by atoms with E-state index in [2.05, 4.69) is 31.3 Å². The number of rotatable bonds is 7. The van der Waals surface area contributed by atoms with Crippen LogP contribution in [0.25, 0.3) is 0 Å². The molecule has 8 heteroatoms. The lowest BCUT2D eigenvalue weighted by Crippen LogP contribution is -2.20. The summed E-state index contributed by atoms with van der Waals surface area (Å²) in [5.41, 5.74) is 7.58. The molecule has 0 atom stereocenters. The Kier molecular flexibility index (Phi) is 6.81. The Morgan fingerprint density at radius 1 is 0.929 bits per heavy atom. The Bertz CT molecular complexity index is 977. The van der Waals surface area contributed by atoms with Crippen LogP contribution in [0, 0.1) is 0 Å². The topological polar surface area (TPSA) is 91.6 Å². The van der Waals surface area contributed by atoms with E-state index in [1.165, 1.54) is 0 Å². The summed E-state index contributed by atoms with van der Waals surface area (Å²) in [6, 6.07) is 20.7. The second-order valence-corrected chi connectivity index (χ2v) is 6.06. The predicted molar refractivity (Wildman–Crippen MR) is 111 cm³/mol. The van der Waals surface area contributed by atoms with Crippen LogP contribution in [0.5, 0.6) is 0 Å². The molecule has 0 unspecified atom stereocenters. The van der Waals surface area contributed by atoms with Gasteiger partial charge < -0.3 is 0 Å². The van der Waals surface area contributed by atoms with Crippen molar-refractivity contribution in [2.24, 2.45) is 10.2 Å². The lowest BCUT2D eigenvalue weighted by atomic mass is 10.2. The third kappa shape index (κ3) is 6.00. The average molecular weight is 393 g/mol. The van der Waals surface area contributed by atoms with Gasteiger partial charge in [-0.15, -0.1) is 10.2 Å². The molecule has 1 heterocycles. The first-order chi connectivity index (χ1) is 13.7. The van der Waals surface area contributed by atoms with Crippen molar-refractivity contribution in [3.63, 3.8) is 0 Å². The minimum Gasteiger partial charge on any atom is -0.273 e.